The van der Waals surface area contributed by atoms with Crippen molar-refractivity contribution in [3.8, 4) is 0 Å². The molecule has 0 atom stereocenters. The van der Waals surface area contributed by atoms with Gasteiger partial charge in [0.1, 0.15) is 5.82 Å². The van der Waals surface area contributed by atoms with Crippen LogP contribution >= 0.6 is 23.2 Å². The van der Waals surface area contributed by atoms with E-state index >= 15 is 0 Å². The van der Waals surface area contributed by atoms with Crippen molar-refractivity contribution in [1.82, 2.24) is 15.6 Å². The lowest BCUT2D eigenvalue weighted by Crippen LogP contribution is -2.39. The molecule has 1 saturated heterocycles. The van der Waals surface area contributed by atoms with Gasteiger partial charge in [0, 0.05) is 51.5 Å². The fourth-order valence-electron chi connectivity index (χ4n) is 3.03. The molecule has 1 fully saturated rings. The molecule has 7 nitrogen and oxygen atoms in total. The van der Waals surface area contributed by atoms with Gasteiger partial charge in [-0.1, -0.05) is 35.3 Å². The number of anilines is 2. The summed E-state index contributed by atoms with van der Waals surface area (Å²) in [6.45, 7) is 2.69. The fourth-order valence-corrected chi connectivity index (χ4v) is 3.47. The Bertz CT molecular complexity index is 872. The molecule has 1 aromatic heterocycles. The lowest BCUT2D eigenvalue weighted by Gasteiger charge is -2.16. The van der Waals surface area contributed by atoms with Crippen LogP contribution in [0.4, 0.5) is 11.5 Å². The highest BCUT2D eigenvalue weighted by Gasteiger charge is 2.21. The zero-order valence-electron chi connectivity index (χ0n) is 16.2. The number of rotatable bonds is 7. The third-order valence-electron chi connectivity index (χ3n) is 4.52. The number of nitrogens with zero attached hydrogens (tertiary/aromatic N) is 3. The maximum absolute atomic E-state index is 11.8. The quantitative estimate of drug-likeness (QED) is 0.353. The first-order valence-electron chi connectivity index (χ1n) is 9.45. The van der Waals surface area contributed by atoms with Crippen LogP contribution in [0.5, 0.6) is 0 Å². The summed E-state index contributed by atoms with van der Waals surface area (Å²) in [5.41, 5.74) is 2.07. The second-order valence-corrected chi connectivity index (χ2v) is 7.42. The summed E-state index contributed by atoms with van der Waals surface area (Å²) >= 11 is 11.9. The molecule has 9 heteroatoms. The Morgan fingerprint density at radius 1 is 1.21 bits per heavy atom. The summed E-state index contributed by atoms with van der Waals surface area (Å²) in [6.07, 6.45) is 3.12. The molecule has 154 valence electrons. The molecule has 1 aliphatic heterocycles. The van der Waals surface area contributed by atoms with Crippen molar-refractivity contribution >= 4 is 46.6 Å². The van der Waals surface area contributed by atoms with Crippen LogP contribution in [0.3, 0.4) is 0 Å². The lowest BCUT2D eigenvalue weighted by atomic mass is 10.2. The first kappa shape index (κ1) is 21.2. The Kier molecular flexibility index (Phi) is 7.55. The van der Waals surface area contributed by atoms with Gasteiger partial charge in [0.15, 0.2) is 5.96 Å². The number of guanidine groups is 1. The number of pyridine rings is 1. The predicted octanol–water partition coefficient (Wildman–Crippen LogP) is 3.29. The van der Waals surface area contributed by atoms with Crippen molar-refractivity contribution in [2.75, 3.05) is 36.9 Å². The second-order valence-electron chi connectivity index (χ2n) is 6.58. The fraction of sp³-hybridized carbons (Fsp3) is 0.350. The van der Waals surface area contributed by atoms with Crippen LogP contribution in [0.25, 0.3) is 0 Å². The van der Waals surface area contributed by atoms with Crippen molar-refractivity contribution in [2.45, 2.75) is 19.4 Å². The van der Waals surface area contributed by atoms with E-state index in [0.717, 1.165) is 24.2 Å². The molecular weight excluding hydrogens is 411 g/mol. The molecule has 0 radical (unpaired) electrons. The molecule has 29 heavy (non-hydrogen) atoms. The van der Waals surface area contributed by atoms with E-state index in [2.05, 4.69) is 25.9 Å². The highest BCUT2D eigenvalue weighted by Crippen LogP contribution is 2.22. The summed E-state index contributed by atoms with van der Waals surface area (Å²) in [6, 6.07) is 9.68. The van der Waals surface area contributed by atoms with Gasteiger partial charge in [0.25, 0.3) is 0 Å². The van der Waals surface area contributed by atoms with Crippen LogP contribution in [0, 0.1) is 0 Å². The molecule has 0 spiro atoms. The van der Waals surface area contributed by atoms with Gasteiger partial charge in [-0.15, -0.1) is 0 Å². The number of carbonyl (C=O) groups excluding carboxylic acids is 1. The van der Waals surface area contributed by atoms with Gasteiger partial charge >= 0.3 is 0 Å². The van der Waals surface area contributed by atoms with Crippen molar-refractivity contribution in [2.24, 2.45) is 4.99 Å². The molecule has 1 aromatic carbocycles. The first-order chi connectivity index (χ1) is 14.1. The molecule has 3 N–H and O–H groups in total. The third kappa shape index (κ3) is 5.98. The Balaban J connectivity index is 1.41. The highest BCUT2D eigenvalue weighted by molar-refractivity contribution is 6.35. The Hall–Kier alpha value is -2.51. The summed E-state index contributed by atoms with van der Waals surface area (Å²) < 4.78 is 0. The number of aromatic nitrogens is 1. The zero-order valence-corrected chi connectivity index (χ0v) is 17.7. The van der Waals surface area contributed by atoms with Gasteiger partial charge in [-0.2, -0.15) is 0 Å². The van der Waals surface area contributed by atoms with E-state index in [1.165, 1.54) is 0 Å². The molecule has 1 amide bonds. The largest absolute Gasteiger partial charge is 0.367 e. The normalized spacial score (nSPS) is 14.2. The van der Waals surface area contributed by atoms with E-state index in [1.54, 1.807) is 19.3 Å². The second kappa shape index (κ2) is 10.3. The van der Waals surface area contributed by atoms with E-state index in [0.29, 0.717) is 47.9 Å². The van der Waals surface area contributed by atoms with Crippen molar-refractivity contribution in [3.63, 3.8) is 0 Å². The number of aliphatic imine (C=N–C) groups is 1. The highest BCUT2D eigenvalue weighted by atomic mass is 35.5. The summed E-state index contributed by atoms with van der Waals surface area (Å²) in [4.78, 5) is 22.0. The van der Waals surface area contributed by atoms with Gasteiger partial charge < -0.3 is 20.9 Å². The van der Waals surface area contributed by atoms with Crippen LogP contribution in [0.2, 0.25) is 10.0 Å². The molecule has 1 aliphatic rings. The standard InChI is InChI=1S/C20H24Cl2N6O/c1-23-20(25-9-8-24-19-17(22)11-15(21)13-26-19)27-12-14-4-6-16(7-5-14)28-10-2-3-18(28)29/h4-7,11,13H,2-3,8-10,12H2,1H3,(H,24,26)(H2,23,25,27). The number of amides is 1. The molecule has 0 unspecified atom stereocenters. The number of halogens is 2. The predicted molar refractivity (Wildman–Crippen MR) is 119 cm³/mol. The zero-order chi connectivity index (χ0) is 20.6. The Morgan fingerprint density at radius 3 is 2.66 bits per heavy atom. The van der Waals surface area contributed by atoms with Crippen LogP contribution in [-0.2, 0) is 11.3 Å². The molecule has 2 heterocycles. The van der Waals surface area contributed by atoms with E-state index in [-0.39, 0.29) is 5.91 Å². The van der Waals surface area contributed by atoms with Crippen LogP contribution in [0.1, 0.15) is 18.4 Å². The maximum atomic E-state index is 11.8. The topological polar surface area (TPSA) is 81.7 Å². The summed E-state index contributed by atoms with van der Waals surface area (Å²) in [5, 5.41) is 10.6. The number of hydrogen-bond donors (Lipinski definition) is 3. The van der Waals surface area contributed by atoms with Crippen LogP contribution in [-0.4, -0.2) is 43.5 Å². The van der Waals surface area contributed by atoms with Crippen molar-refractivity contribution in [1.29, 1.82) is 0 Å². The minimum Gasteiger partial charge on any atom is -0.367 e. The Labute approximate surface area is 180 Å². The average Bonchev–Trinajstić information content (AvgIpc) is 3.15. The van der Waals surface area contributed by atoms with Gasteiger partial charge in [0.2, 0.25) is 5.91 Å². The monoisotopic (exact) mass is 434 g/mol. The van der Waals surface area contributed by atoms with Crippen LogP contribution < -0.4 is 20.9 Å². The third-order valence-corrected chi connectivity index (χ3v) is 5.02. The van der Waals surface area contributed by atoms with Gasteiger partial charge in [-0.3, -0.25) is 9.79 Å². The molecule has 3 rings (SSSR count). The van der Waals surface area contributed by atoms with Gasteiger partial charge in [-0.05, 0) is 30.2 Å². The minimum absolute atomic E-state index is 0.198. The number of benzene rings is 1. The van der Waals surface area contributed by atoms with Gasteiger partial charge in [0.05, 0.1) is 10.0 Å². The molecule has 0 saturated carbocycles. The van der Waals surface area contributed by atoms with E-state index in [1.807, 2.05) is 29.2 Å². The average molecular weight is 435 g/mol. The van der Waals surface area contributed by atoms with Gasteiger partial charge in [-0.25, -0.2) is 4.98 Å². The SMILES string of the molecule is CN=C(NCCNc1ncc(Cl)cc1Cl)NCc1ccc(N2CCCC2=O)cc1. The molecule has 2 aromatic rings. The first-order valence-corrected chi connectivity index (χ1v) is 10.2. The Morgan fingerprint density at radius 2 is 2.00 bits per heavy atom. The molecular formula is C20H24Cl2N6O. The number of nitrogens with one attached hydrogen (secondary N) is 3. The van der Waals surface area contributed by atoms with E-state index in [9.17, 15) is 4.79 Å². The smallest absolute Gasteiger partial charge is 0.227 e. The summed E-state index contributed by atoms with van der Waals surface area (Å²) in [5.74, 6) is 1.49. The lowest BCUT2D eigenvalue weighted by molar-refractivity contribution is -0.117. The van der Waals surface area contributed by atoms with Crippen LogP contribution in [0.15, 0.2) is 41.5 Å². The maximum Gasteiger partial charge on any atom is 0.227 e. The minimum atomic E-state index is 0.198. The number of carbonyl (C=O) groups is 1. The van der Waals surface area contributed by atoms with E-state index in [4.69, 9.17) is 23.2 Å². The molecule has 0 aliphatic carbocycles. The molecule has 0 bridgehead atoms. The van der Waals surface area contributed by atoms with Crippen molar-refractivity contribution in [3.05, 3.63) is 52.1 Å². The van der Waals surface area contributed by atoms with E-state index < -0.39 is 0 Å². The number of hydrogen-bond acceptors (Lipinski definition) is 4. The van der Waals surface area contributed by atoms with Crippen molar-refractivity contribution < 1.29 is 4.79 Å². The summed E-state index contributed by atoms with van der Waals surface area (Å²) in [7, 11) is 1.72.